The predicted molar refractivity (Wildman–Crippen MR) is 76.7 cm³/mol. The summed E-state index contributed by atoms with van der Waals surface area (Å²) < 4.78 is 5.64. The third-order valence-electron chi connectivity index (χ3n) is 3.02. The normalized spacial score (nSPS) is 10.9. The number of ether oxygens (including phenoxy) is 1. The van der Waals surface area contributed by atoms with Gasteiger partial charge in [-0.15, -0.1) is 0 Å². The number of benzene rings is 1. The summed E-state index contributed by atoms with van der Waals surface area (Å²) in [5, 5.41) is 1.79. The zero-order valence-electron chi connectivity index (χ0n) is 11.1. The third-order valence-corrected chi connectivity index (χ3v) is 3.45. The second kappa shape index (κ2) is 5.57. The minimum absolute atomic E-state index is 0.725. The van der Waals surface area contributed by atoms with Crippen LogP contribution >= 0.6 is 11.6 Å². The van der Waals surface area contributed by atoms with E-state index < -0.39 is 0 Å². The highest BCUT2D eigenvalue weighted by Crippen LogP contribution is 2.31. The van der Waals surface area contributed by atoms with Crippen molar-refractivity contribution in [2.75, 3.05) is 6.61 Å². The zero-order chi connectivity index (χ0) is 13.1. The molecule has 0 atom stereocenters. The van der Waals surface area contributed by atoms with Crippen LogP contribution in [0.4, 0.5) is 0 Å². The Morgan fingerprint density at radius 1 is 1.28 bits per heavy atom. The van der Waals surface area contributed by atoms with Crippen molar-refractivity contribution in [3.05, 3.63) is 34.5 Å². The van der Waals surface area contributed by atoms with E-state index >= 15 is 0 Å². The molecule has 0 unspecified atom stereocenters. The summed E-state index contributed by atoms with van der Waals surface area (Å²) in [5.74, 6) is 0.860. The maximum Gasteiger partial charge on any atom is 0.120 e. The van der Waals surface area contributed by atoms with E-state index in [9.17, 15) is 0 Å². The van der Waals surface area contributed by atoms with Gasteiger partial charge in [-0.1, -0.05) is 25.4 Å². The van der Waals surface area contributed by atoms with Gasteiger partial charge in [-0.05, 0) is 43.5 Å². The van der Waals surface area contributed by atoms with Gasteiger partial charge in [0.1, 0.15) is 5.75 Å². The summed E-state index contributed by atoms with van der Waals surface area (Å²) >= 11 is 6.46. The third kappa shape index (κ3) is 2.44. The Balaban J connectivity index is 2.54. The number of aryl methyl sites for hydroxylation is 1. The highest BCUT2D eigenvalue weighted by Gasteiger charge is 2.10. The standard InChI is InChI=1S/C15H18ClNO/c1-4-8-18-11-6-7-14-13(9-11)15(16)12(5-2)10(3)17-14/h6-7,9H,4-5,8H2,1-3H3. The first-order valence-electron chi connectivity index (χ1n) is 6.38. The molecule has 2 aromatic rings. The van der Waals surface area contributed by atoms with E-state index in [1.807, 2.05) is 25.1 Å². The molecular formula is C15H18ClNO. The van der Waals surface area contributed by atoms with E-state index in [1.165, 1.54) is 0 Å². The van der Waals surface area contributed by atoms with Crippen LogP contribution < -0.4 is 4.74 Å². The number of halogens is 1. The number of nitrogens with zero attached hydrogens (tertiary/aromatic N) is 1. The molecule has 0 bridgehead atoms. The van der Waals surface area contributed by atoms with Crippen LogP contribution in [0.3, 0.4) is 0 Å². The zero-order valence-corrected chi connectivity index (χ0v) is 11.8. The van der Waals surface area contributed by atoms with E-state index in [1.54, 1.807) is 0 Å². The molecule has 1 heterocycles. The smallest absolute Gasteiger partial charge is 0.120 e. The van der Waals surface area contributed by atoms with Gasteiger partial charge in [-0.2, -0.15) is 0 Å². The van der Waals surface area contributed by atoms with Crippen molar-refractivity contribution in [3.63, 3.8) is 0 Å². The second-order valence-corrected chi connectivity index (χ2v) is 4.75. The molecule has 0 spiro atoms. The fourth-order valence-electron chi connectivity index (χ4n) is 2.08. The van der Waals surface area contributed by atoms with E-state index in [4.69, 9.17) is 16.3 Å². The fraction of sp³-hybridized carbons (Fsp3) is 0.400. The molecule has 1 aromatic carbocycles. The topological polar surface area (TPSA) is 22.1 Å². The SMILES string of the molecule is CCCOc1ccc2nc(C)c(CC)c(Cl)c2c1. The molecule has 18 heavy (non-hydrogen) atoms. The lowest BCUT2D eigenvalue weighted by atomic mass is 10.1. The Bertz CT molecular complexity index is 566. The number of hydrogen-bond donors (Lipinski definition) is 0. The number of hydrogen-bond acceptors (Lipinski definition) is 2. The Hall–Kier alpha value is -1.28. The summed E-state index contributed by atoms with van der Waals surface area (Å²) in [7, 11) is 0. The summed E-state index contributed by atoms with van der Waals surface area (Å²) in [6.07, 6.45) is 1.89. The van der Waals surface area contributed by atoms with Crippen molar-refractivity contribution in [3.8, 4) is 5.75 Å². The summed E-state index contributed by atoms with van der Waals surface area (Å²) in [6.45, 7) is 6.92. The first-order chi connectivity index (χ1) is 8.67. The maximum atomic E-state index is 6.46. The maximum absolute atomic E-state index is 6.46. The van der Waals surface area contributed by atoms with Crippen LogP contribution in [0.5, 0.6) is 5.75 Å². The first kappa shape index (κ1) is 13.2. The summed E-state index contributed by atoms with van der Waals surface area (Å²) in [4.78, 5) is 4.59. The van der Waals surface area contributed by atoms with Crippen LogP contribution in [0.2, 0.25) is 5.02 Å². The van der Waals surface area contributed by atoms with Crippen molar-refractivity contribution < 1.29 is 4.74 Å². The Kier molecular flexibility index (Phi) is 4.07. The van der Waals surface area contributed by atoms with Crippen LogP contribution in [0.25, 0.3) is 10.9 Å². The molecule has 0 fully saturated rings. The number of pyridine rings is 1. The summed E-state index contributed by atoms with van der Waals surface area (Å²) in [6, 6.07) is 5.91. The highest BCUT2D eigenvalue weighted by molar-refractivity contribution is 6.36. The minimum Gasteiger partial charge on any atom is -0.494 e. The van der Waals surface area contributed by atoms with E-state index in [0.717, 1.165) is 52.4 Å². The van der Waals surface area contributed by atoms with Gasteiger partial charge in [-0.3, -0.25) is 4.98 Å². The van der Waals surface area contributed by atoms with Crippen LogP contribution in [0.15, 0.2) is 18.2 Å². The molecule has 3 heteroatoms. The van der Waals surface area contributed by atoms with Crippen LogP contribution in [0.1, 0.15) is 31.5 Å². The molecule has 0 aliphatic heterocycles. The number of aromatic nitrogens is 1. The molecule has 1 aromatic heterocycles. The largest absolute Gasteiger partial charge is 0.494 e. The Labute approximate surface area is 113 Å². The van der Waals surface area contributed by atoms with Gasteiger partial charge in [0.2, 0.25) is 0 Å². The van der Waals surface area contributed by atoms with Gasteiger partial charge < -0.3 is 4.74 Å². The van der Waals surface area contributed by atoms with Gasteiger partial charge in [-0.25, -0.2) is 0 Å². The highest BCUT2D eigenvalue weighted by atomic mass is 35.5. The average Bonchev–Trinajstić information content (AvgIpc) is 2.37. The molecule has 0 saturated carbocycles. The predicted octanol–water partition coefficient (Wildman–Crippen LogP) is 4.55. The van der Waals surface area contributed by atoms with Gasteiger partial charge in [0.15, 0.2) is 0 Å². The monoisotopic (exact) mass is 263 g/mol. The van der Waals surface area contributed by atoms with Crippen LogP contribution in [-0.2, 0) is 6.42 Å². The van der Waals surface area contributed by atoms with Crippen molar-refractivity contribution in [2.45, 2.75) is 33.6 Å². The number of rotatable bonds is 4. The number of fused-ring (bicyclic) bond motifs is 1. The van der Waals surface area contributed by atoms with E-state index in [-0.39, 0.29) is 0 Å². The lowest BCUT2D eigenvalue weighted by molar-refractivity contribution is 0.318. The molecule has 0 amide bonds. The quantitative estimate of drug-likeness (QED) is 0.807. The average molecular weight is 264 g/mol. The van der Waals surface area contributed by atoms with Gasteiger partial charge in [0, 0.05) is 11.1 Å². The molecule has 0 aliphatic carbocycles. The van der Waals surface area contributed by atoms with Crippen molar-refractivity contribution in [1.29, 1.82) is 0 Å². The first-order valence-corrected chi connectivity index (χ1v) is 6.76. The Morgan fingerprint density at radius 3 is 2.72 bits per heavy atom. The van der Waals surface area contributed by atoms with Crippen LogP contribution in [-0.4, -0.2) is 11.6 Å². The van der Waals surface area contributed by atoms with Crippen molar-refractivity contribution in [2.24, 2.45) is 0 Å². The fourth-order valence-corrected chi connectivity index (χ4v) is 2.50. The molecule has 0 radical (unpaired) electrons. The van der Waals surface area contributed by atoms with Crippen molar-refractivity contribution in [1.82, 2.24) is 4.98 Å². The van der Waals surface area contributed by atoms with Crippen molar-refractivity contribution >= 4 is 22.5 Å². The van der Waals surface area contributed by atoms with Gasteiger partial charge >= 0.3 is 0 Å². The van der Waals surface area contributed by atoms with E-state index in [0.29, 0.717) is 0 Å². The minimum atomic E-state index is 0.725. The summed E-state index contributed by atoms with van der Waals surface area (Å²) in [5.41, 5.74) is 3.06. The molecule has 96 valence electrons. The lowest BCUT2D eigenvalue weighted by Crippen LogP contribution is -1.97. The molecule has 2 rings (SSSR count). The lowest BCUT2D eigenvalue weighted by Gasteiger charge is -2.11. The molecular weight excluding hydrogens is 246 g/mol. The molecule has 2 nitrogen and oxygen atoms in total. The molecule has 0 N–H and O–H groups in total. The van der Waals surface area contributed by atoms with Gasteiger partial charge in [0.05, 0.1) is 17.1 Å². The van der Waals surface area contributed by atoms with Gasteiger partial charge in [0.25, 0.3) is 0 Å². The van der Waals surface area contributed by atoms with Crippen LogP contribution in [0, 0.1) is 6.92 Å². The Morgan fingerprint density at radius 2 is 2.06 bits per heavy atom. The molecule has 0 saturated heterocycles. The second-order valence-electron chi connectivity index (χ2n) is 4.37. The molecule has 0 aliphatic rings. The van der Waals surface area contributed by atoms with E-state index in [2.05, 4.69) is 18.8 Å².